The predicted molar refractivity (Wildman–Crippen MR) is 153 cm³/mol. The second-order valence-electron chi connectivity index (χ2n) is 10.6. The van der Waals surface area contributed by atoms with E-state index < -0.39 is 5.92 Å². The summed E-state index contributed by atoms with van der Waals surface area (Å²) in [5, 5.41) is 15.2. The Hall–Kier alpha value is -4.16. The number of methoxy groups -OCH3 is 3. The molecule has 1 aliphatic heterocycles. The standard InChI is InChI=1S/C31H30N2O6S/c1-31(2)13-20-28(21(34)14-31)27(18-11-25(36-3)29(38-5)26(12-18)37-4)19(15-32)30(33-20)40-16-22(35)24-10-17-8-6-7-9-23(17)39-24/h6-12,27,33H,13-14,16H2,1-5H3/t27-/m1/s1. The number of hydrogen-bond donors (Lipinski definition) is 1. The molecule has 9 heteroatoms. The number of hydrogen-bond acceptors (Lipinski definition) is 9. The van der Waals surface area contributed by atoms with Crippen LogP contribution >= 0.6 is 11.8 Å². The second kappa shape index (κ2) is 10.8. The molecule has 1 aliphatic carbocycles. The van der Waals surface area contributed by atoms with E-state index in [4.69, 9.17) is 18.6 Å². The van der Waals surface area contributed by atoms with Crippen LogP contribution in [0.25, 0.3) is 11.0 Å². The lowest BCUT2D eigenvalue weighted by atomic mass is 9.69. The van der Waals surface area contributed by atoms with Gasteiger partial charge < -0.3 is 23.9 Å². The van der Waals surface area contributed by atoms with Gasteiger partial charge in [0, 0.05) is 23.1 Å². The molecule has 3 aromatic rings. The van der Waals surface area contributed by atoms with Crippen molar-refractivity contribution in [1.29, 1.82) is 5.26 Å². The molecular formula is C31H30N2O6S. The molecule has 0 radical (unpaired) electrons. The molecule has 0 saturated carbocycles. The fraction of sp³-hybridized carbons (Fsp3) is 0.323. The van der Waals surface area contributed by atoms with E-state index in [9.17, 15) is 14.9 Å². The molecule has 1 N–H and O–H groups in total. The molecule has 0 unspecified atom stereocenters. The minimum atomic E-state index is -0.664. The van der Waals surface area contributed by atoms with Crippen molar-refractivity contribution >= 4 is 34.3 Å². The highest BCUT2D eigenvalue weighted by atomic mass is 32.2. The zero-order chi connectivity index (χ0) is 28.6. The van der Waals surface area contributed by atoms with E-state index in [1.165, 1.54) is 33.1 Å². The van der Waals surface area contributed by atoms with Crippen LogP contribution in [0.4, 0.5) is 0 Å². The number of ketones is 2. The van der Waals surface area contributed by atoms with Gasteiger partial charge in [-0.3, -0.25) is 9.59 Å². The Bertz CT molecular complexity index is 1570. The fourth-order valence-electron chi connectivity index (χ4n) is 5.42. The van der Waals surface area contributed by atoms with Crippen LogP contribution in [0.1, 0.15) is 48.7 Å². The van der Waals surface area contributed by atoms with E-state index in [-0.39, 0.29) is 28.5 Å². The van der Waals surface area contributed by atoms with Crippen LogP contribution in [0, 0.1) is 16.7 Å². The van der Waals surface area contributed by atoms with Crippen LogP contribution in [0.5, 0.6) is 17.2 Å². The zero-order valence-electron chi connectivity index (χ0n) is 23.0. The van der Waals surface area contributed by atoms with Crippen molar-refractivity contribution in [2.24, 2.45) is 5.41 Å². The number of Topliss-reactive ketones (excluding diaryl/α,β-unsaturated/α-hetero) is 2. The summed E-state index contributed by atoms with van der Waals surface area (Å²) in [6, 6.07) is 15.0. The highest BCUT2D eigenvalue weighted by Gasteiger charge is 2.42. The third-order valence-electron chi connectivity index (χ3n) is 7.20. The summed E-state index contributed by atoms with van der Waals surface area (Å²) in [5.74, 6) is 0.697. The van der Waals surface area contributed by atoms with Crippen LogP contribution in [0.15, 0.2) is 68.8 Å². The number of benzene rings is 2. The van der Waals surface area contributed by atoms with Crippen molar-refractivity contribution in [2.45, 2.75) is 32.6 Å². The number of nitrogens with zero attached hydrogens (tertiary/aromatic N) is 1. The largest absolute Gasteiger partial charge is 0.493 e. The Morgan fingerprint density at radius 1 is 1.10 bits per heavy atom. The highest BCUT2D eigenvalue weighted by Crippen LogP contribution is 2.50. The summed E-state index contributed by atoms with van der Waals surface area (Å²) >= 11 is 1.23. The van der Waals surface area contributed by atoms with Gasteiger partial charge in [-0.25, -0.2) is 0 Å². The summed E-state index contributed by atoms with van der Waals surface area (Å²) in [7, 11) is 4.56. The average Bonchev–Trinajstić information content (AvgIpc) is 3.38. The molecule has 0 amide bonds. The Morgan fingerprint density at radius 3 is 2.42 bits per heavy atom. The van der Waals surface area contributed by atoms with E-state index in [1.54, 1.807) is 18.2 Å². The third kappa shape index (κ3) is 4.95. The maximum Gasteiger partial charge on any atom is 0.208 e. The van der Waals surface area contributed by atoms with Gasteiger partial charge in [0.2, 0.25) is 11.5 Å². The molecule has 2 aromatic carbocycles. The number of thioether (sulfide) groups is 1. The van der Waals surface area contributed by atoms with Crippen molar-refractivity contribution in [3.63, 3.8) is 0 Å². The van der Waals surface area contributed by atoms with Gasteiger partial charge in [0.25, 0.3) is 0 Å². The molecule has 2 heterocycles. The smallest absolute Gasteiger partial charge is 0.208 e. The van der Waals surface area contributed by atoms with Crippen molar-refractivity contribution in [1.82, 2.24) is 5.32 Å². The van der Waals surface area contributed by atoms with E-state index in [0.717, 1.165) is 11.1 Å². The first-order valence-electron chi connectivity index (χ1n) is 12.8. The Labute approximate surface area is 237 Å². The van der Waals surface area contributed by atoms with E-state index >= 15 is 0 Å². The van der Waals surface area contributed by atoms with Crippen molar-refractivity contribution in [3.8, 4) is 23.3 Å². The van der Waals surface area contributed by atoms with Crippen LogP contribution in [0.3, 0.4) is 0 Å². The summed E-state index contributed by atoms with van der Waals surface area (Å²) < 4.78 is 22.4. The quantitative estimate of drug-likeness (QED) is 0.326. The first-order chi connectivity index (χ1) is 19.2. The number of fused-ring (bicyclic) bond motifs is 1. The molecule has 1 aromatic heterocycles. The maximum absolute atomic E-state index is 13.6. The number of rotatable bonds is 8. The Morgan fingerprint density at radius 2 is 1.80 bits per heavy atom. The molecule has 0 spiro atoms. The molecule has 8 nitrogen and oxygen atoms in total. The third-order valence-corrected chi connectivity index (χ3v) is 8.21. The number of carbonyl (C=O) groups excluding carboxylic acids is 2. The molecule has 5 rings (SSSR count). The number of carbonyl (C=O) groups is 2. The average molecular weight is 559 g/mol. The lowest BCUT2D eigenvalue weighted by molar-refractivity contribution is -0.118. The SMILES string of the molecule is COc1cc([C@@H]2C(C#N)=C(SCC(=O)c3cc4ccccc4o3)NC3=C2C(=O)CC(C)(C)C3)cc(OC)c1OC. The molecular weight excluding hydrogens is 528 g/mol. The second-order valence-corrected chi connectivity index (χ2v) is 11.6. The predicted octanol–water partition coefficient (Wildman–Crippen LogP) is 6.14. The van der Waals surface area contributed by atoms with Gasteiger partial charge >= 0.3 is 0 Å². The van der Waals surface area contributed by atoms with Gasteiger partial charge in [0.1, 0.15) is 5.58 Å². The monoisotopic (exact) mass is 558 g/mol. The van der Waals surface area contributed by atoms with Gasteiger partial charge in [0.05, 0.1) is 49.7 Å². The molecule has 40 heavy (non-hydrogen) atoms. The van der Waals surface area contributed by atoms with Gasteiger partial charge in [-0.2, -0.15) is 5.26 Å². The number of nitrogens with one attached hydrogen (secondary N) is 1. The molecule has 0 bridgehead atoms. The summed E-state index contributed by atoms with van der Waals surface area (Å²) in [5.41, 5.74) is 2.71. The van der Waals surface area contributed by atoms with Crippen LogP contribution < -0.4 is 19.5 Å². The van der Waals surface area contributed by atoms with E-state index in [2.05, 4.69) is 11.4 Å². The first-order valence-corrected chi connectivity index (χ1v) is 13.8. The van der Waals surface area contributed by atoms with Crippen molar-refractivity contribution < 1.29 is 28.2 Å². The lowest BCUT2D eigenvalue weighted by Gasteiger charge is -2.39. The number of furan rings is 1. The van der Waals surface area contributed by atoms with Gasteiger partial charge in [-0.05, 0) is 41.7 Å². The maximum atomic E-state index is 13.6. The molecule has 2 aliphatic rings. The molecule has 1 atom stereocenters. The Kier molecular flexibility index (Phi) is 7.39. The summed E-state index contributed by atoms with van der Waals surface area (Å²) in [4.78, 5) is 26.7. The van der Waals surface area contributed by atoms with Crippen molar-refractivity contribution in [3.05, 3.63) is 75.7 Å². The fourth-order valence-corrected chi connectivity index (χ4v) is 6.35. The van der Waals surface area contributed by atoms with Gasteiger partial charge in [-0.15, -0.1) is 0 Å². The van der Waals surface area contributed by atoms with Crippen LogP contribution in [-0.2, 0) is 4.79 Å². The molecule has 0 fully saturated rings. The molecule has 0 saturated heterocycles. The van der Waals surface area contributed by atoms with Gasteiger partial charge in [0.15, 0.2) is 23.0 Å². The first kappa shape index (κ1) is 27.4. The minimum Gasteiger partial charge on any atom is -0.493 e. The topological polar surface area (TPSA) is 111 Å². The number of ether oxygens (including phenoxy) is 3. The number of nitriles is 1. The minimum absolute atomic E-state index is 0.0207. The Balaban J connectivity index is 1.57. The lowest BCUT2D eigenvalue weighted by Crippen LogP contribution is -2.37. The summed E-state index contributed by atoms with van der Waals surface area (Å²) in [6.07, 6.45) is 0.982. The van der Waals surface area contributed by atoms with Crippen molar-refractivity contribution in [2.75, 3.05) is 27.1 Å². The normalized spacial score (nSPS) is 18.2. The molecule has 206 valence electrons. The van der Waals surface area contributed by atoms with Gasteiger partial charge in [-0.1, -0.05) is 43.8 Å². The number of dihydropyridines is 1. The van der Waals surface area contributed by atoms with Crippen LogP contribution in [0.2, 0.25) is 0 Å². The number of para-hydroxylation sites is 1. The zero-order valence-corrected chi connectivity index (χ0v) is 23.9. The van der Waals surface area contributed by atoms with E-state index in [1.807, 2.05) is 38.1 Å². The number of allylic oxidation sites excluding steroid dienone is 3. The van der Waals surface area contributed by atoms with E-state index in [0.29, 0.717) is 57.4 Å². The van der Waals surface area contributed by atoms with Crippen LogP contribution in [-0.4, -0.2) is 38.6 Å². The summed E-state index contributed by atoms with van der Waals surface area (Å²) in [6.45, 7) is 4.10. The highest BCUT2D eigenvalue weighted by molar-refractivity contribution is 8.03.